The van der Waals surface area contributed by atoms with E-state index in [1.54, 1.807) is 13.1 Å². The molecule has 0 aliphatic rings. The highest BCUT2D eigenvalue weighted by molar-refractivity contribution is 5.76. The van der Waals surface area contributed by atoms with E-state index in [4.69, 9.17) is 4.74 Å². The number of hydrogen-bond donors (Lipinski definition) is 1. The van der Waals surface area contributed by atoms with Gasteiger partial charge in [0.1, 0.15) is 11.5 Å². The van der Waals surface area contributed by atoms with Gasteiger partial charge in [0.05, 0.1) is 11.5 Å². The number of nitrogens with zero attached hydrogens (tertiary/aromatic N) is 2. The lowest BCUT2D eigenvalue weighted by molar-refractivity contribution is -0.384. The van der Waals surface area contributed by atoms with Crippen LogP contribution < -0.4 is 10.3 Å². The summed E-state index contributed by atoms with van der Waals surface area (Å²) < 4.78 is 6.87. The molecular weight excluding hydrogens is 300 g/mol. The van der Waals surface area contributed by atoms with Gasteiger partial charge < -0.3 is 14.4 Å². The summed E-state index contributed by atoms with van der Waals surface area (Å²) >= 11 is 0. The maximum Gasteiger partial charge on any atom is 0.270 e. The van der Waals surface area contributed by atoms with E-state index in [-0.39, 0.29) is 28.3 Å². The number of ether oxygens (including phenoxy) is 1. The van der Waals surface area contributed by atoms with Gasteiger partial charge in [-0.1, -0.05) is 6.08 Å². The highest BCUT2D eigenvalue weighted by atomic mass is 16.6. The summed E-state index contributed by atoms with van der Waals surface area (Å²) in [6.45, 7) is 3.89. The van der Waals surface area contributed by atoms with Crippen LogP contribution >= 0.6 is 0 Å². The zero-order valence-electron chi connectivity index (χ0n) is 12.6. The third-order valence-electron chi connectivity index (χ3n) is 3.25. The van der Waals surface area contributed by atoms with Gasteiger partial charge in [0.15, 0.2) is 0 Å². The lowest BCUT2D eigenvalue weighted by Gasteiger charge is -2.13. The summed E-state index contributed by atoms with van der Waals surface area (Å²) in [6, 6.07) is 4.98. The van der Waals surface area contributed by atoms with E-state index in [1.807, 2.05) is 0 Å². The van der Waals surface area contributed by atoms with Gasteiger partial charge in [-0.15, -0.1) is 6.58 Å². The van der Waals surface area contributed by atoms with E-state index < -0.39 is 4.92 Å². The summed E-state index contributed by atoms with van der Waals surface area (Å²) in [7, 11) is 1.55. The van der Waals surface area contributed by atoms with Crippen molar-refractivity contribution in [3.8, 4) is 22.6 Å². The summed E-state index contributed by atoms with van der Waals surface area (Å²) in [5.41, 5.74) is 0.178. The van der Waals surface area contributed by atoms with Crippen molar-refractivity contribution in [2.45, 2.75) is 6.42 Å². The highest BCUT2D eigenvalue weighted by Crippen LogP contribution is 2.37. The molecule has 7 nitrogen and oxygen atoms in total. The van der Waals surface area contributed by atoms with Crippen molar-refractivity contribution >= 4 is 5.69 Å². The Morgan fingerprint density at radius 2 is 2.13 bits per heavy atom. The molecule has 7 heteroatoms. The molecule has 23 heavy (non-hydrogen) atoms. The van der Waals surface area contributed by atoms with Crippen molar-refractivity contribution in [1.82, 2.24) is 4.57 Å². The van der Waals surface area contributed by atoms with Gasteiger partial charge in [0.2, 0.25) is 0 Å². The van der Waals surface area contributed by atoms with Crippen LogP contribution in [0, 0.1) is 10.1 Å². The number of phenols is 1. The van der Waals surface area contributed by atoms with Crippen LogP contribution in [0.5, 0.6) is 11.5 Å². The van der Waals surface area contributed by atoms with E-state index in [1.165, 1.54) is 35.0 Å². The SMILES string of the molecule is C=CCCOc1cc(=O)n(C)cc1-c1cc([N+](=O)[O-])ccc1O. The van der Waals surface area contributed by atoms with Gasteiger partial charge in [-0.3, -0.25) is 14.9 Å². The molecule has 2 aromatic rings. The average molecular weight is 316 g/mol. The summed E-state index contributed by atoms with van der Waals surface area (Å²) in [4.78, 5) is 22.2. The Labute approximate surface area is 132 Å². The maximum atomic E-state index is 11.8. The second-order valence-corrected chi connectivity index (χ2v) is 4.88. The minimum absolute atomic E-state index is 0.136. The Hall–Kier alpha value is -3.09. The first kappa shape index (κ1) is 16.3. The third kappa shape index (κ3) is 3.57. The molecule has 1 aromatic carbocycles. The first-order chi connectivity index (χ1) is 10.9. The molecule has 0 unspecified atom stereocenters. The van der Waals surface area contributed by atoms with Crippen LogP contribution in [0.2, 0.25) is 0 Å². The summed E-state index contributed by atoms with van der Waals surface area (Å²) in [5, 5.41) is 21.0. The number of pyridine rings is 1. The predicted molar refractivity (Wildman–Crippen MR) is 85.7 cm³/mol. The monoisotopic (exact) mass is 316 g/mol. The lowest BCUT2D eigenvalue weighted by atomic mass is 10.0. The maximum absolute atomic E-state index is 11.8. The quantitative estimate of drug-likeness (QED) is 0.382. The molecular formula is C16H16N2O5. The minimum Gasteiger partial charge on any atom is -0.507 e. The Kier molecular flexibility index (Phi) is 4.80. The normalized spacial score (nSPS) is 10.3. The Morgan fingerprint density at radius 1 is 1.39 bits per heavy atom. The molecule has 0 fully saturated rings. The van der Waals surface area contributed by atoms with Crippen LogP contribution in [-0.2, 0) is 7.05 Å². The fourth-order valence-electron chi connectivity index (χ4n) is 2.04. The largest absolute Gasteiger partial charge is 0.507 e. The summed E-state index contributed by atoms with van der Waals surface area (Å²) in [6.07, 6.45) is 3.73. The molecule has 0 atom stereocenters. The lowest BCUT2D eigenvalue weighted by Crippen LogP contribution is -2.16. The molecule has 1 aromatic heterocycles. The molecule has 0 radical (unpaired) electrons. The first-order valence-corrected chi connectivity index (χ1v) is 6.86. The molecule has 120 valence electrons. The van der Waals surface area contributed by atoms with Crippen molar-refractivity contribution in [2.24, 2.45) is 7.05 Å². The van der Waals surface area contributed by atoms with Gasteiger partial charge in [-0.2, -0.15) is 0 Å². The average Bonchev–Trinajstić information content (AvgIpc) is 2.51. The van der Waals surface area contributed by atoms with Gasteiger partial charge in [-0.05, 0) is 12.5 Å². The molecule has 0 saturated heterocycles. The standard InChI is InChI=1S/C16H16N2O5/c1-3-4-7-23-15-9-16(20)17(2)10-13(15)12-8-11(18(21)22)5-6-14(12)19/h3,5-6,8-10,19H,1,4,7H2,2H3. The van der Waals surface area contributed by atoms with E-state index in [0.29, 0.717) is 18.6 Å². The van der Waals surface area contributed by atoms with E-state index in [0.717, 1.165) is 0 Å². The van der Waals surface area contributed by atoms with Gasteiger partial charge in [-0.25, -0.2) is 0 Å². The number of aromatic hydroxyl groups is 1. The Morgan fingerprint density at radius 3 is 2.78 bits per heavy atom. The number of aromatic nitrogens is 1. The number of rotatable bonds is 6. The number of hydrogen-bond acceptors (Lipinski definition) is 5. The van der Waals surface area contributed by atoms with Crippen molar-refractivity contribution in [3.63, 3.8) is 0 Å². The fourth-order valence-corrected chi connectivity index (χ4v) is 2.04. The van der Waals surface area contributed by atoms with Gasteiger partial charge >= 0.3 is 0 Å². The van der Waals surface area contributed by atoms with Crippen LogP contribution in [0.25, 0.3) is 11.1 Å². The van der Waals surface area contributed by atoms with Crippen LogP contribution in [0.4, 0.5) is 5.69 Å². The van der Waals surface area contributed by atoms with Crippen LogP contribution in [0.1, 0.15) is 6.42 Å². The molecule has 0 amide bonds. The van der Waals surface area contributed by atoms with E-state index in [2.05, 4.69) is 6.58 Å². The first-order valence-electron chi connectivity index (χ1n) is 6.86. The Bertz CT molecular complexity index is 811. The van der Waals surface area contributed by atoms with Crippen LogP contribution in [-0.4, -0.2) is 21.2 Å². The zero-order chi connectivity index (χ0) is 17.0. The number of nitro groups is 1. The number of aryl methyl sites for hydroxylation is 1. The zero-order valence-corrected chi connectivity index (χ0v) is 12.6. The number of nitro benzene ring substituents is 1. The van der Waals surface area contributed by atoms with E-state index in [9.17, 15) is 20.0 Å². The molecule has 0 bridgehead atoms. The van der Waals surface area contributed by atoms with Crippen LogP contribution in [0.3, 0.4) is 0 Å². The molecule has 0 saturated carbocycles. The van der Waals surface area contributed by atoms with Crippen molar-refractivity contribution in [3.05, 3.63) is 63.6 Å². The Balaban J connectivity index is 2.59. The van der Waals surface area contributed by atoms with Gasteiger partial charge in [0, 0.05) is 42.6 Å². The smallest absolute Gasteiger partial charge is 0.270 e. The predicted octanol–water partition coefficient (Wildman–Crippen LogP) is 2.62. The van der Waals surface area contributed by atoms with Crippen molar-refractivity contribution < 1.29 is 14.8 Å². The van der Waals surface area contributed by atoms with Crippen molar-refractivity contribution in [2.75, 3.05) is 6.61 Å². The summed E-state index contributed by atoms with van der Waals surface area (Å²) in [5.74, 6) is 0.119. The number of phenolic OH excluding ortho intramolecular Hbond substituents is 1. The second-order valence-electron chi connectivity index (χ2n) is 4.88. The third-order valence-corrected chi connectivity index (χ3v) is 3.25. The topological polar surface area (TPSA) is 94.6 Å². The fraction of sp³-hybridized carbons (Fsp3) is 0.188. The minimum atomic E-state index is -0.552. The molecule has 1 N–H and O–H groups in total. The van der Waals surface area contributed by atoms with E-state index >= 15 is 0 Å². The van der Waals surface area contributed by atoms with Crippen LogP contribution in [0.15, 0.2) is 47.9 Å². The number of non-ortho nitro benzene ring substituents is 1. The molecule has 2 rings (SSSR count). The molecule has 1 heterocycles. The highest BCUT2D eigenvalue weighted by Gasteiger charge is 2.17. The molecule has 0 aliphatic carbocycles. The second kappa shape index (κ2) is 6.78. The van der Waals surface area contributed by atoms with Crippen molar-refractivity contribution in [1.29, 1.82) is 0 Å². The molecule has 0 spiro atoms. The number of benzene rings is 1. The van der Waals surface area contributed by atoms with Gasteiger partial charge in [0.25, 0.3) is 11.2 Å². The molecule has 0 aliphatic heterocycles.